The molecule has 4 nitrogen and oxygen atoms in total. The Hall–Kier alpha value is -1.81. The summed E-state index contributed by atoms with van der Waals surface area (Å²) in [6, 6.07) is 9.31. The summed E-state index contributed by atoms with van der Waals surface area (Å²) in [5.41, 5.74) is 4.88. The summed E-state index contributed by atoms with van der Waals surface area (Å²) in [6.07, 6.45) is 2.63. The molecule has 1 aromatic heterocycles. The van der Waals surface area contributed by atoms with Crippen LogP contribution in [0.15, 0.2) is 24.3 Å². The minimum Gasteiger partial charge on any atom is -0.481 e. The van der Waals surface area contributed by atoms with E-state index in [-0.39, 0.29) is 0 Å². The quantitative estimate of drug-likeness (QED) is 0.889. The number of benzene rings is 1. The fourth-order valence-corrected chi connectivity index (χ4v) is 3.11. The van der Waals surface area contributed by atoms with Crippen molar-refractivity contribution in [3.63, 3.8) is 0 Å². The van der Waals surface area contributed by atoms with E-state index >= 15 is 0 Å². The second-order valence-electron chi connectivity index (χ2n) is 6.30. The van der Waals surface area contributed by atoms with E-state index in [4.69, 9.17) is 4.74 Å². The molecule has 1 aliphatic rings. The molecule has 0 saturated heterocycles. The number of nitrogens with one attached hydrogen (secondary N) is 1. The van der Waals surface area contributed by atoms with Crippen LogP contribution < -0.4 is 10.1 Å². The molecule has 1 aromatic carbocycles. The highest BCUT2D eigenvalue weighted by atomic mass is 16.5. The average Bonchev–Trinajstić information content (AvgIpc) is 3.28. The van der Waals surface area contributed by atoms with E-state index in [0.717, 1.165) is 29.6 Å². The fourth-order valence-electron chi connectivity index (χ4n) is 3.11. The predicted octanol–water partition coefficient (Wildman–Crippen LogP) is 3.29. The average molecular weight is 299 g/mol. The van der Waals surface area contributed by atoms with Gasteiger partial charge in [-0.1, -0.05) is 29.8 Å². The Morgan fingerprint density at radius 1 is 1.27 bits per heavy atom. The van der Waals surface area contributed by atoms with E-state index in [1.807, 2.05) is 18.7 Å². The second-order valence-corrected chi connectivity index (χ2v) is 6.30. The van der Waals surface area contributed by atoms with Gasteiger partial charge in [-0.05, 0) is 38.2 Å². The summed E-state index contributed by atoms with van der Waals surface area (Å²) < 4.78 is 7.30. The van der Waals surface area contributed by atoms with Gasteiger partial charge in [0, 0.05) is 19.6 Å². The van der Waals surface area contributed by atoms with E-state index in [1.54, 1.807) is 7.11 Å². The minimum absolute atomic E-state index is 0.421. The molecule has 1 aliphatic carbocycles. The third-order valence-electron chi connectivity index (χ3n) is 4.51. The van der Waals surface area contributed by atoms with Gasteiger partial charge in [-0.15, -0.1) is 0 Å². The SMILES string of the molecule is COc1c(CN[C@H](c2ccc(C)cc2)C2CC2)c(C)nn1C. The third-order valence-corrected chi connectivity index (χ3v) is 4.51. The van der Waals surface area contributed by atoms with Crippen molar-refractivity contribution < 1.29 is 4.74 Å². The molecule has 1 fully saturated rings. The Bertz CT molecular complexity index is 641. The van der Waals surface area contributed by atoms with Crippen LogP contribution in [0.3, 0.4) is 0 Å². The van der Waals surface area contributed by atoms with Gasteiger partial charge in [0.2, 0.25) is 5.88 Å². The smallest absolute Gasteiger partial charge is 0.216 e. The normalized spacial score (nSPS) is 15.8. The number of aryl methyl sites for hydroxylation is 3. The number of nitrogens with zero attached hydrogens (tertiary/aromatic N) is 2. The lowest BCUT2D eigenvalue weighted by molar-refractivity contribution is 0.365. The molecule has 0 spiro atoms. The maximum Gasteiger partial charge on any atom is 0.216 e. The summed E-state index contributed by atoms with van der Waals surface area (Å²) in [7, 11) is 3.63. The van der Waals surface area contributed by atoms with Crippen LogP contribution >= 0.6 is 0 Å². The van der Waals surface area contributed by atoms with Crippen LogP contribution in [0.4, 0.5) is 0 Å². The molecule has 1 atom stereocenters. The van der Waals surface area contributed by atoms with Crippen LogP contribution in [0, 0.1) is 19.8 Å². The van der Waals surface area contributed by atoms with Gasteiger partial charge < -0.3 is 10.1 Å². The lowest BCUT2D eigenvalue weighted by Crippen LogP contribution is -2.23. The third kappa shape index (κ3) is 3.02. The summed E-state index contributed by atoms with van der Waals surface area (Å²) >= 11 is 0. The van der Waals surface area contributed by atoms with Gasteiger partial charge >= 0.3 is 0 Å². The van der Waals surface area contributed by atoms with Gasteiger partial charge in [0.1, 0.15) is 0 Å². The number of aromatic nitrogens is 2. The molecule has 3 rings (SSSR count). The molecular formula is C18H25N3O. The van der Waals surface area contributed by atoms with Crippen LogP contribution in [0.5, 0.6) is 5.88 Å². The zero-order chi connectivity index (χ0) is 15.7. The van der Waals surface area contributed by atoms with E-state index in [1.165, 1.54) is 24.0 Å². The van der Waals surface area contributed by atoms with E-state index in [9.17, 15) is 0 Å². The molecule has 2 aromatic rings. The van der Waals surface area contributed by atoms with Gasteiger partial charge in [0.15, 0.2) is 0 Å². The molecule has 0 aliphatic heterocycles. The van der Waals surface area contributed by atoms with Gasteiger partial charge in [0.25, 0.3) is 0 Å². The molecule has 1 heterocycles. The first-order valence-corrected chi connectivity index (χ1v) is 7.96. The first-order valence-electron chi connectivity index (χ1n) is 7.96. The highest BCUT2D eigenvalue weighted by molar-refractivity contribution is 5.31. The van der Waals surface area contributed by atoms with Crippen molar-refractivity contribution in [3.8, 4) is 5.88 Å². The first-order chi connectivity index (χ1) is 10.6. The van der Waals surface area contributed by atoms with Crippen molar-refractivity contribution in [3.05, 3.63) is 46.6 Å². The molecular weight excluding hydrogens is 274 g/mol. The van der Waals surface area contributed by atoms with E-state index in [0.29, 0.717) is 6.04 Å². The monoisotopic (exact) mass is 299 g/mol. The molecule has 1 N–H and O–H groups in total. The molecule has 0 bridgehead atoms. The van der Waals surface area contributed by atoms with E-state index < -0.39 is 0 Å². The summed E-state index contributed by atoms with van der Waals surface area (Å²) in [5.74, 6) is 1.61. The van der Waals surface area contributed by atoms with Crippen LogP contribution in [0.2, 0.25) is 0 Å². The van der Waals surface area contributed by atoms with Crippen molar-refractivity contribution in [2.24, 2.45) is 13.0 Å². The Kier molecular flexibility index (Phi) is 4.21. The Morgan fingerprint density at radius 2 is 1.95 bits per heavy atom. The molecule has 4 heteroatoms. The van der Waals surface area contributed by atoms with Crippen molar-refractivity contribution >= 4 is 0 Å². The van der Waals surface area contributed by atoms with Crippen molar-refractivity contribution in [2.45, 2.75) is 39.3 Å². The molecule has 1 saturated carbocycles. The van der Waals surface area contributed by atoms with Crippen LogP contribution in [-0.2, 0) is 13.6 Å². The van der Waals surface area contributed by atoms with Gasteiger partial charge in [-0.25, -0.2) is 4.68 Å². The summed E-state index contributed by atoms with van der Waals surface area (Å²) in [4.78, 5) is 0. The maximum absolute atomic E-state index is 5.49. The van der Waals surface area contributed by atoms with Gasteiger partial charge in [-0.2, -0.15) is 5.10 Å². The van der Waals surface area contributed by atoms with Crippen molar-refractivity contribution in [1.29, 1.82) is 0 Å². The Balaban J connectivity index is 1.77. The van der Waals surface area contributed by atoms with Crippen LogP contribution in [0.25, 0.3) is 0 Å². The lowest BCUT2D eigenvalue weighted by atomic mass is 10.0. The van der Waals surface area contributed by atoms with E-state index in [2.05, 4.69) is 41.6 Å². The van der Waals surface area contributed by atoms with Crippen molar-refractivity contribution in [1.82, 2.24) is 15.1 Å². The minimum atomic E-state index is 0.421. The predicted molar refractivity (Wildman–Crippen MR) is 88.0 cm³/mol. The molecule has 118 valence electrons. The summed E-state index contributed by atoms with van der Waals surface area (Å²) in [6.45, 7) is 4.96. The summed E-state index contributed by atoms with van der Waals surface area (Å²) in [5, 5.41) is 8.19. The van der Waals surface area contributed by atoms with Gasteiger partial charge in [0.05, 0.1) is 18.4 Å². The largest absolute Gasteiger partial charge is 0.481 e. The highest BCUT2D eigenvalue weighted by Gasteiger charge is 2.32. The maximum atomic E-state index is 5.49. The Labute approximate surface area is 132 Å². The zero-order valence-corrected chi connectivity index (χ0v) is 13.9. The number of methoxy groups -OCH3 is 1. The Morgan fingerprint density at radius 3 is 2.55 bits per heavy atom. The standard InChI is InChI=1S/C18H25N3O/c1-12-5-7-14(8-6-12)17(15-9-10-15)19-11-16-13(2)20-21(3)18(16)22-4/h5-8,15,17,19H,9-11H2,1-4H3/t17-/m1/s1. The molecule has 0 unspecified atom stereocenters. The number of hydrogen-bond acceptors (Lipinski definition) is 3. The zero-order valence-electron chi connectivity index (χ0n) is 13.9. The number of ether oxygens (including phenoxy) is 1. The first kappa shape index (κ1) is 15.1. The second kappa shape index (κ2) is 6.13. The van der Waals surface area contributed by atoms with Crippen LogP contribution in [-0.4, -0.2) is 16.9 Å². The molecule has 0 amide bonds. The van der Waals surface area contributed by atoms with Crippen molar-refractivity contribution in [2.75, 3.05) is 7.11 Å². The number of rotatable bonds is 6. The number of hydrogen-bond donors (Lipinski definition) is 1. The lowest BCUT2D eigenvalue weighted by Gasteiger charge is -2.19. The topological polar surface area (TPSA) is 39.1 Å². The molecule has 22 heavy (non-hydrogen) atoms. The molecule has 0 radical (unpaired) electrons. The fraction of sp³-hybridized carbons (Fsp3) is 0.500. The van der Waals surface area contributed by atoms with Gasteiger partial charge in [-0.3, -0.25) is 0 Å². The van der Waals surface area contributed by atoms with Crippen LogP contribution in [0.1, 0.15) is 41.3 Å². The highest BCUT2D eigenvalue weighted by Crippen LogP contribution is 2.41.